The minimum absolute atomic E-state index is 0.000971. The Bertz CT molecular complexity index is 2530. The van der Waals surface area contributed by atoms with Crippen LogP contribution in [0.2, 0.25) is 0 Å². The molecule has 0 bridgehead atoms. The lowest BCUT2D eigenvalue weighted by atomic mass is 9.73. The number of hydrogen-bond donors (Lipinski definition) is 6. The minimum atomic E-state index is -0.174. The third kappa shape index (κ3) is 22.5. The molecular weight excluding hydrogens is 1250 g/mol. The average Bonchev–Trinajstić information content (AvgIpc) is 0.790. The summed E-state index contributed by atoms with van der Waals surface area (Å²) in [6, 6.07) is 0.333. The van der Waals surface area contributed by atoms with Crippen LogP contribution in [0.15, 0.2) is 0 Å². The maximum absolute atomic E-state index is 6.89. The van der Waals surface area contributed by atoms with Gasteiger partial charge in [0.15, 0.2) is 0 Å². The molecule has 570 valence electrons. The van der Waals surface area contributed by atoms with E-state index in [1.165, 1.54) is 116 Å². The zero-order valence-corrected chi connectivity index (χ0v) is 66.4. The van der Waals surface area contributed by atoms with Gasteiger partial charge in [-0.1, -0.05) is 116 Å². The van der Waals surface area contributed by atoms with Gasteiger partial charge in [0.05, 0.1) is 24.4 Å². The van der Waals surface area contributed by atoms with Crippen LogP contribution in [0.1, 0.15) is 355 Å². The van der Waals surface area contributed by atoms with Crippen molar-refractivity contribution in [3.05, 3.63) is 0 Å². The molecule has 20 heteroatoms. The van der Waals surface area contributed by atoms with Crippen molar-refractivity contribution in [3.8, 4) is 0 Å². The molecule has 4 saturated heterocycles. The molecule has 20 nitrogen and oxygen atoms in total. The topological polar surface area (TPSA) is 199 Å². The number of nitrogens with zero attached hydrogens (tertiary/aromatic N) is 10. The van der Waals surface area contributed by atoms with Gasteiger partial charge in [0.1, 0.15) is 0 Å². The molecular formula is C80H146N16O4. The van der Waals surface area contributed by atoms with Gasteiger partial charge in [-0.15, -0.1) is 0 Å². The largest absolute Gasteiger partial charge is 0.354 e. The van der Waals surface area contributed by atoms with Gasteiger partial charge in [-0.2, -0.15) is 50.2 Å². The van der Waals surface area contributed by atoms with Gasteiger partial charge in [0, 0.05) is 82.6 Å². The van der Waals surface area contributed by atoms with Crippen molar-refractivity contribution in [2.75, 3.05) is 58.1 Å². The van der Waals surface area contributed by atoms with E-state index < -0.39 is 0 Å². The van der Waals surface area contributed by atoms with Crippen molar-refractivity contribution in [2.45, 2.75) is 436 Å². The van der Waals surface area contributed by atoms with Crippen molar-refractivity contribution >= 4 is 35.7 Å². The number of hydroxylamine groups is 8. The first-order valence-electron chi connectivity index (χ1n) is 41.3. The second kappa shape index (κ2) is 34.8. The fourth-order valence-electron chi connectivity index (χ4n) is 20.6. The lowest BCUT2D eigenvalue weighted by Gasteiger charge is -2.55. The second-order valence-corrected chi connectivity index (χ2v) is 37.9. The highest BCUT2D eigenvalue weighted by molar-refractivity contribution is 5.44. The molecule has 8 fully saturated rings. The molecule has 0 atom stereocenters. The molecule has 0 aromatic carbocycles. The summed E-state index contributed by atoms with van der Waals surface area (Å²) in [5.74, 6) is 5.05. The Morgan fingerprint density at radius 2 is 0.480 bits per heavy atom. The normalized spacial score (nSPS) is 25.6. The molecule has 10 rings (SSSR count). The van der Waals surface area contributed by atoms with E-state index in [2.05, 4.69) is 163 Å². The van der Waals surface area contributed by atoms with Gasteiger partial charge in [-0.3, -0.25) is 19.4 Å². The Balaban J connectivity index is 0.725. The van der Waals surface area contributed by atoms with Gasteiger partial charge >= 0.3 is 0 Å². The van der Waals surface area contributed by atoms with E-state index in [-0.39, 0.29) is 56.4 Å². The summed E-state index contributed by atoms with van der Waals surface area (Å²) in [7, 11) is 0. The van der Waals surface area contributed by atoms with Gasteiger partial charge in [-0.05, 0) is 251 Å². The standard InChI is InChI=1S/C80H146N16O4/c1-73(2)51-59(52-74(3,4)93(73)97-63-39-23-19-24-40-63)37-31-35-49-83-69-87-67(89-71(91-69)85-61-55-77(9,10)95(78(11,12)56-61)99-65-43-27-21-28-44-65)81-47-33-17-18-34-48-82-68-88-70(84-50-36-32-38-60-53-75(5,6)94(76(7,8)54-60)98-64-41-25-20-26-42-64)92-72(90-68)86-62-57-79(13,14)96(80(15,16)58-62)100-66-45-29-22-30-46-66/h59-66H,17-58H2,1-16H3,(H3,81,83,85,87,89,91)(H3,82,84,86,88,90,92). The van der Waals surface area contributed by atoms with E-state index in [9.17, 15) is 0 Å². The maximum Gasteiger partial charge on any atom is 0.229 e. The number of anilines is 6. The summed E-state index contributed by atoms with van der Waals surface area (Å²) in [6.45, 7) is 41.0. The van der Waals surface area contributed by atoms with Crippen molar-refractivity contribution in [1.29, 1.82) is 0 Å². The highest BCUT2D eigenvalue weighted by Crippen LogP contribution is 2.48. The molecule has 0 amide bonds. The first-order chi connectivity index (χ1) is 47.4. The third-order valence-corrected chi connectivity index (χ3v) is 24.0. The molecule has 0 radical (unpaired) electrons. The number of aromatic nitrogens is 6. The van der Waals surface area contributed by atoms with E-state index >= 15 is 0 Å². The van der Waals surface area contributed by atoms with Crippen molar-refractivity contribution in [3.63, 3.8) is 0 Å². The maximum atomic E-state index is 6.89. The molecule has 100 heavy (non-hydrogen) atoms. The molecule has 8 aliphatic rings. The van der Waals surface area contributed by atoms with Crippen molar-refractivity contribution < 1.29 is 19.4 Å². The summed E-state index contributed by atoms with van der Waals surface area (Å²) in [6.07, 6.45) is 45.5. The zero-order valence-electron chi connectivity index (χ0n) is 66.4. The fraction of sp³-hybridized carbons (Fsp3) is 0.925. The molecule has 2 aromatic heterocycles. The van der Waals surface area contributed by atoms with Gasteiger partial charge in [-0.25, -0.2) is 0 Å². The fourth-order valence-corrected chi connectivity index (χ4v) is 20.6. The van der Waals surface area contributed by atoms with Crippen molar-refractivity contribution in [2.24, 2.45) is 11.8 Å². The molecule has 4 saturated carbocycles. The summed E-state index contributed by atoms with van der Waals surface area (Å²) in [5, 5.41) is 31.7. The number of nitrogens with one attached hydrogen (secondary N) is 6. The lowest BCUT2D eigenvalue weighted by molar-refractivity contribution is -0.314. The number of piperidine rings is 4. The summed E-state index contributed by atoms with van der Waals surface area (Å²) >= 11 is 0. The van der Waals surface area contributed by atoms with Crippen LogP contribution in [-0.2, 0) is 19.4 Å². The second-order valence-electron chi connectivity index (χ2n) is 37.9. The van der Waals surface area contributed by atoms with Crippen LogP contribution in [0, 0.1) is 11.8 Å². The molecule has 6 heterocycles. The molecule has 0 spiro atoms. The minimum Gasteiger partial charge on any atom is -0.354 e. The first-order valence-corrected chi connectivity index (χ1v) is 41.3. The van der Waals surface area contributed by atoms with Crippen LogP contribution in [0.4, 0.5) is 35.7 Å². The van der Waals surface area contributed by atoms with Crippen LogP contribution in [0.3, 0.4) is 0 Å². The highest BCUT2D eigenvalue weighted by Gasteiger charge is 2.52. The number of hydrogen-bond acceptors (Lipinski definition) is 20. The molecule has 0 unspecified atom stereocenters. The Morgan fingerprint density at radius 1 is 0.270 bits per heavy atom. The van der Waals surface area contributed by atoms with Gasteiger partial charge < -0.3 is 31.9 Å². The predicted molar refractivity (Wildman–Crippen MR) is 410 cm³/mol. The van der Waals surface area contributed by atoms with Crippen molar-refractivity contribution in [1.82, 2.24) is 50.2 Å². The summed E-state index contributed by atoms with van der Waals surface area (Å²) in [4.78, 5) is 57.7. The van der Waals surface area contributed by atoms with E-state index in [1.807, 2.05) is 0 Å². The highest BCUT2D eigenvalue weighted by atomic mass is 16.7. The predicted octanol–water partition coefficient (Wildman–Crippen LogP) is 18.8. The van der Waals surface area contributed by atoms with Gasteiger partial charge in [0.2, 0.25) is 35.7 Å². The molecule has 2 aromatic rings. The monoisotopic (exact) mass is 1400 g/mol. The van der Waals surface area contributed by atoms with E-state index in [1.54, 1.807) is 0 Å². The molecule has 4 aliphatic heterocycles. The van der Waals surface area contributed by atoms with E-state index in [0.717, 1.165) is 155 Å². The Hall–Kier alpha value is -3.50. The summed E-state index contributed by atoms with van der Waals surface area (Å²) < 4.78 is 0. The van der Waals surface area contributed by atoms with Crippen LogP contribution in [-0.4, -0.2) is 157 Å². The Kier molecular flexibility index (Phi) is 27.5. The summed E-state index contributed by atoms with van der Waals surface area (Å²) in [5.41, 5.74) is -0.693. The van der Waals surface area contributed by atoms with Crippen LogP contribution >= 0.6 is 0 Å². The van der Waals surface area contributed by atoms with Gasteiger partial charge in [0.25, 0.3) is 0 Å². The SMILES string of the molecule is CC1(C)CC(CCCCNc2nc(NCCCCCCNc3nc(NCCCCC4CC(C)(C)N(OC5CCCCC5)C(C)(C)C4)nc(NC4CC(C)(C)N(OC5CCCCC5)C(C)(C)C4)n3)nc(NC3CC(C)(C)N(OC4CCCCC4)C(C)(C)C3)n2)CC(C)(C)N1OC1CCCCC1. The first kappa shape index (κ1) is 79.1. The third-order valence-electron chi connectivity index (χ3n) is 24.0. The van der Waals surface area contributed by atoms with Crippen LogP contribution in [0.25, 0.3) is 0 Å². The van der Waals surface area contributed by atoms with Crippen LogP contribution < -0.4 is 31.9 Å². The lowest BCUT2D eigenvalue weighted by Crippen LogP contribution is -2.63. The Morgan fingerprint density at radius 3 is 0.720 bits per heavy atom. The number of rotatable bonds is 33. The van der Waals surface area contributed by atoms with E-state index in [4.69, 9.17) is 49.3 Å². The van der Waals surface area contributed by atoms with Crippen LogP contribution in [0.5, 0.6) is 0 Å². The quantitative estimate of drug-likeness (QED) is 0.0368. The number of unbranched alkanes of at least 4 members (excludes halogenated alkanes) is 5. The van der Waals surface area contributed by atoms with E-state index in [0.29, 0.717) is 71.9 Å². The average molecular weight is 1400 g/mol. The zero-order chi connectivity index (χ0) is 71.4. The Labute approximate surface area is 607 Å². The smallest absolute Gasteiger partial charge is 0.229 e. The molecule has 4 aliphatic carbocycles. The molecule has 6 N–H and O–H groups in total.